The van der Waals surface area contributed by atoms with Gasteiger partial charge in [0.25, 0.3) is 0 Å². The lowest BCUT2D eigenvalue weighted by Gasteiger charge is -2.38. The van der Waals surface area contributed by atoms with Gasteiger partial charge in [0.1, 0.15) is 13.1 Å². The number of hydrogen-bond acceptors (Lipinski definition) is 2. The van der Waals surface area contributed by atoms with Gasteiger partial charge in [0.2, 0.25) is 0 Å². The number of nitrogens with zero attached hydrogens (tertiary/aromatic N) is 1. The van der Waals surface area contributed by atoms with E-state index in [0.29, 0.717) is 0 Å². The lowest BCUT2D eigenvalue weighted by molar-refractivity contribution is -0.929. The predicted octanol–water partition coefficient (Wildman–Crippen LogP) is 3.85. The monoisotopic (exact) mass is 449 g/mol. The molecule has 0 aromatic carbocycles. The Hall–Kier alpha value is 0.170. The van der Waals surface area contributed by atoms with Crippen LogP contribution >= 0.6 is 0 Å². The first-order chi connectivity index (χ1) is 14.2. The molecule has 0 spiro atoms. The summed E-state index contributed by atoms with van der Waals surface area (Å²) in [4.78, 5) is 0. The second-order valence-corrected chi connectivity index (χ2v) is 9.34. The van der Waals surface area contributed by atoms with E-state index in [2.05, 4.69) is 13.8 Å². The van der Waals surface area contributed by atoms with Crippen molar-refractivity contribution in [3.63, 3.8) is 0 Å². The summed E-state index contributed by atoms with van der Waals surface area (Å²) in [5, 5.41) is 18.9. The number of aliphatic hydroxyl groups excluding tert-OH is 2. The third kappa shape index (κ3) is 20.1. The van der Waals surface area contributed by atoms with Crippen LogP contribution in [0, 0.1) is 0 Å². The van der Waals surface area contributed by atoms with Crippen LogP contribution in [0.15, 0.2) is 0 Å². The van der Waals surface area contributed by atoms with E-state index >= 15 is 0 Å². The predicted molar refractivity (Wildman–Crippen MR) is 128 cm³/mol. The van der Waals surface area contributed by atoms with Gasteiger partial charge in [-0.3, -0.25) is 0 Å². The molecular weight excluding hydrogens is 394 g/mol. The third-order valence-corrected chi connectivity index (χ3v) is 6.62. The van der Waals surface area contributed by atoms with Gasteiger partial charge in [0.05, 0.1) is 26.3 Å². The van der Waals surface area contributed by atoms with Crippen molar-refractivity contribution in [2.75, 3.05) is 39.4 Å². The normalized spacial score (nSPS) is 11.6. The molecular formula is C26H56ClNO2. The minimum atomic E-state index is 0. The Morgan fingerprint density at radius 2 is 0.700 bits per heavy atom. The Kier molecular flexibility index (Phi) is 27.4. The zero-order valence-corrected chi connectivity index (χ0v) is 21.4. The van der Waals surface area contributed by atoms with Crippen molar-refractivity contribution in [2.45, 2.75) is 129 Å². The molecule has 0 aromatic heterocycles. The van der Waals surface area contributed by atoms with Crippen LogP contribution in [0.5, 0.6) is 0 Å². The Morgan fingerprint density at radius 3 is 1.03 bits per heavy atom. The van der Waals surface area contributed by atoms with Crippen LogP contribution in [-0.4, -0.2) is 54.1 Å². The zero-order valence-electron chi connectivity index (χ0n) is 20.7. The molecule has 30 heavy (non-hydrogen) atoms. The summed E-state index contributed by atoms with van der Waals surface area (Å²) in [6.07, 6.45) is 24.8. The Labute approximate surface area is 196 Å². The van der Waals surface area contributed by atoms with Gasteiger partial charge < -0.3 is 27.1 Å². The van der Waals surface area contributed by atoms with E-state index in [4.69, 9.17) is 0 Å². The molecule has 0 aliphatic heterocycles. The van der Waals surface area contributed by atoms with Gasteiger partial charge in [0.15, 0.2) is 0 Å². The third-order valence-electron chi connectivity index (χ3n) is 6.62. The summed E-state index contributed by atoms with van der Waals surface area (Å²) < 4.78 is 0.916. The van der Waals surface area contributed by atoms with Crippen LogP contribution < -0.4 is 12.4 Å². The fraction of sp³-hybridized carbons (Fsp3) is 1.00. The average Bonchev–Trinajstić information content (AvgIpc) is 2.72. The number of quaternary nitrogens is 1. The molecule has 3 nitrogen and oxygen atoms in total. The van der Waals surface area contributed by atoms with Gasteiger partial charge in [-0.1, -0.05) is 110 Å². The number of rotatable bonds is 24. The van der Waals surface area contributed by atoms with Crippen LogP contribution in [0.3, 0.4) is 0 Å². The van der Waals surface area contributed by atoms with Crippen LogP contribution in [0.1, 0.15) is 129 Å². The molecule has 0 bridgehead atoms. The molecule has 0 aliphatic carbocycles. The highest BCUT2D eigenvalue weighted by atomic mass is 35.5. The van der Waals surface area contributed by atoms with E-state index in [-0.39, 0.29) is 25.6 Å². The highest BCUT2D eigenvalue weighted by Gasteiger charge is 2.25. The first kappa shape index (κ1) is 32.4. The van der Waals surface area contributed by atoms with E-state index < -0.39 is 0 Å². The molecule has 0 amide bonds. The maximum Gasteiger partial charge on any atom is 0.102 e. The Balaban J connectivity index is 0. The smallest absolute Gasteiger partial charge is 0.102 e. The van der Waals surface area contributed by atoms with Crippen molar-refractivity contribution in [1.29, 1.82) is 0 Å². The summed E-state index contributed by atoms with van der Waals surface area (Å²) in [6, 6.07) is 0. The average molecular weight is 450 g/mol. The fourth-order valence-electron chi connectivity index (χ4n) is 4.58. The molecule has 0 atom stereocenters. The van der Waals surface area contributed by atoms with Crippen molar-refractivity contribution in [2.24, 2.45) is 0 Å². The molecule has 0 aromatic rings. The molecule has 0 saturated heterocycles. The van der Waals surface area contributed by atoms with Gasteiger partial charge in [0, 0.05) is 0 Å². The second-order valence-electron chi connectivity index (χ2n) is 9.34. The molecule has 0 radical (unpaired) electrons. The molecule has 0 aliphatic rings. The zero-order chi connectivity index (χ0) is 21.5. The first-order valence-electron chi connectivity index (χ1n) is 13.3. The first-order valence-corrected chi connectivity index (χ1v) is 13.3. The highest BCUT2D eigenvalue weighted by molar-refractivity contribution is 4.52. The van der Waals surface area contributed by atoms with E-state index in [9.17, 15) is 10.2 Å². The summed E-state index contributed by atoms with van der Waals surface area (Å²) in [5.41, 5.74) is 0. The summed E-state index contributed by atoms with van der Waals surface area (Å²) >= 11 is 0. The van der Waals surface area contributed by atoms with Crippen molar-refractivity contribution >= 4 is 0 Å². The van der Waals surface area contributed by atoms with E-state index in [1.165, 1.54) is 116 Å². The van der Waals surface area contributed by atoms with E-state index in [0.717, 1.165) is 30.7 Å². The number of unbranched alkanes of at least 4 members (excludes halogenated alkanes) is 16. The minimum Gasteiger partial charge on any atom is -1.00 e. The topological polar surface area (TPSA) is 40.5 Å². The standard InChI is InChI=1S/C26H56NO2.ClH/c1-3-5-7-8-9-10-11-12-13-14-15-16-17-18-19-20-22-27(23-25-28,24-26-29)21-6-4-2;/h28-29H,3-26H2,1-2H3;1H/q+1;/p-1. The quantitative estimate of drug-likeness (QED) is 0.173. The summed E-state index contributed by atoms with van der Waals surface area (Å²) in [6.45, 7) is 8.83. The maximum atomic E-state index is 9.47. The maximum absolute atomic E-state index is 9.47. The van der Waals surface area contributed by atoms with Crippen molar-refractivity contribution in [3.05, 3.63) is 0 Å². The number of hydrogen-bond donors (Lipinski definition) is 2. The summed E-state index contributed by atoms with van der Waals surface area (Å²) in [7, 11) is 0. The van der Waals surface area contributed by atoms with Gasteiger partial charge in [-0.2, -0.15) is 0 Å². The van der Waals surface area contributed by atoms with Crippen LogP contribution in [0.25, 0.3) is 0 Å². The molecule has 0 rings (SSSR count). The number of aliphatic hydroxyl groups is 2. The van der Waals surface area contributed by atoms with Crippen LogP contribution in [0.4, 0.5) is 0 Å². The largest absolute Gasteiger partial charge is 1.00 e. The summed E-state index contributed by atoms with van der Waals surface area (Å²) in [5.74, 6) is 0. The number of halogens is 1. The second kappa shape index (κ2) is 25.4. The lowest BCUT2D eigenvalue weighted by Crippen LogP contribution is -3.00. The Morgan fingerprint density at radius 1 is 0.400 bits per heavy atom. The SMILES string of the molecule is CCCCCCCCCCCCCCCCCC[N+](CCO)(CCO)CCCC.[Cl-]. The molecule has 0 saturated carbocycles. The van der Waals surface area contributed by atoms with Gasteiger partial charge in [-0.05, 0) is 19.3 Å². The molecule has 0 unspecified atom stereocenters. The lowest BCUT2D eigenvalue weighted by atomic mass is 10.0. The van der Waals surface area contributed by atoms with Gasteiger partial charge in [-0.15, -0.1) is 0 Å². The Bertz CT molecular complexity index is 309. The van der Waals surface area contributed by atoms with Crippen molar-refractivity contribution in [3.8, 4) is 0 Å². The fourth-order valence-corrected chi connectivity index (χ4v) is 4.58. The van der Waals surface area contributed by atoms with Crippen molar-refractivity contribution in [1.82, 2.24) is 0 Å². The van der Waals surface area contributed by atoms with E-state index in [1.54, 1.807) is 0 Å². The highest BCUT2D eigenvalue weighted by Crippen LogP contribution is 2.16. The van der Waals surface area contributed by atoms with Gasteiger partial charge >= 0.3 is 0 Å². The molecule has 184 valence electrons. The van der Waals surface area contributed by atoms with Crippen LogP contribution in [0.2, 0.25) is 0 Å². The van der Waals surface area contributed by atoms with Crippen molar-refractivity contribution < 1.29 is 27.1 Å². The van der Waals surface area contributed by atoms with Crippen LogP contribution in [-0.2, 0) is 0 Å². The molecule has 2 N–H and O–H groups in total. The molecule has 4 heteroatoms. The molecule has 0 heterocycles. The minimum absolute atomic E-state index is 0. The van der Waals surface area contributed by atoms with Gasteiger partial charge in [-0.25, -0.2) is 0 Å². The molecule has 0 fully saturated rings. The van der Waals surface area contributed by atoms with E-state index in [1.807, 2.05) is 0 Å².